The van der Waals surface area contributed by atoms with Gasteiger partial charge in [-0.05, 0) is 73.7 Å². The molecule has 1 aliphatic heterocycles. The zero-order chi connectivity index (χ0) is 29.7. The minimum absolute atomic E-state index is 0.0720. The fourth-order valence-corrected chi connectivity index (χ4v) is 4.70. The largest absolute Gasteiger partial charge is 0.491 e. The van der Waals surface area contributed by atoms with Crippen molar-refractivity contribution in [1.29, 1.82) is 0 Å². The fraction of sp³-hybridized carbons (Fsp3) is 0.323. The van der Waals surface area contributed by atoms with Crippen molar-refractivity contribution in [3.05, 3.63) is 95.1 Å². The number of hydrogen-bond donors (Lipinski definition) is 1. The molecule has 0 saturated heterocycles. The Kier molecular flexibility index (Phi) is 9.34. The summed E-state index contributed by atoms with van der Waals surface area (Å²) in [6.45, 7) is 4.40. The molecule has 8 nitrogen and oxygen atoms in total. The first-order valence-electron chi connectivity index (χ1n) is 13.3. The Balaban J connectivity index is 1.65. The summed E-state index contributed by atoms with van der Waals surface area (Å²) in [6, 6.07) is 14.8. The number of methoxy groups -OCH3 is 1. The Morgan fingerprint density at radius 2 is 1.54 bits per heavy atom. The van der Waals surface area contributed by atoms with Crippen molar-refractivity contribution in [2.75, 3.05) is 39.2 Å². The molecule has 0 aromatic heterocycles. The van der Waals surface area contributed by atoms with Gasteiger partial charge in [-0.1, -0.05) is 6.92 Å². The first kappa shape index (κ1) is 29.7. The van der Waals surface area contributed by atoms with Gasteiger partial charge in [0, 0.05) is 50.0 Å². The van der Waals surface area contributed by atoms with E-state index in [9.17, 15) is 23.2 Å². The summed E-state index contributed by atoms with van der Waals surface area (Å²) in [5.41, 5.74) is 1.18. The predicted molar refractivity (Wildman–Crippen MR) is 150 cm³/mol. The van der Waals surface area contributed by atoms with Crippen LogP contribution < -0.4 is 10.1 Å². The lowest BCUT2D eigenvalue weighted by Gasteiger charge is -2.36. The number of carbonyl (C=O) groups is 3. The van der Waals surface area contributed by atoms with Crippen LogP contribution in [0.2, 0.25) is 0 Å². The number of amides is 3. The van der Waals surface area contributed by atoms with Crippen molar-refractivity contribution in [2.45, 2.75) is 26.0 Å². The second-order valence-corrected chi connectivity index (χ2v) is 10.2. The van der Waals surface area contributed by atoms with Crippen LogP contribution in [0.3, 0.4) is 0 Å². The number of fused-ring (bicyclic) bond motifs is 1. The molecule has 3 atom stereocenters. The molecule has 10 heteroatoms. The van der Waals surface area contributed by atoms with E-state index in [1.54, 1.807) is 31.2 Å². The summed E-state index contributed by atoms with van der Waals surface area (Å²) in [4.78, 5) is 43.0. The Hall–Kier alpha value is -4.31. The molecule has 1 heterocycles. The highest BCUT2D eigenvalue weighted by molar-refractivity contribution is 6.05. The minimum Gasteiger partial charge on any atom is -0.491 e. The third-order valence-electron chi connectivity index (χ3n) is 7.16. The van der Waals surface area contributed by atoms with Crippen molar-refractivity contribution < 1.29 is 32.6 Å². The summed E-state index contributed by atoms with van der Waals surface area (Å²) in [5.74, 6) is -1.84. The van der Waals surface area contributed by atoms with Crippen molar-refractivity contribution in [2.24, 2.45) is 5.92 Å². The van der Waals surface area contributed by atoms with E-state index in [1.165, 1.54) is 59.5 Å². The van der Waals surface area contributed by atoms with Gasteiger partial charge in [-0.25, -0.2) is 8.78 Å². The van der Waals surface area contributed by atoms with Gasteiger partial charge in [-0.3, -0.25) is 14.4 Å². The van der Waals surface area contributed by atoms with Gasteiger partial charge in [0.2, 0.25) is 0 Å². The molecule has 0 spiro atoms. The maximum atomic E-state index is 13.6. The maximum absolute atomic E-state index is 13.6. The molecule has 4 rings (SSSR count). The van der Waals surface area contributed by atoms with Crippen LogP contribution in [0.5, 0.6) is 5.75 Å². The predicted octanol–water partition coefficient (Wildman–Crippen LogP) is 4.86. The number of halogens is 2. The van der Waals surface area contributed by atoms with Crippen molar-refractivity contribution in [3.8, 4) is 5.75 Å². The third kappa shape index (κ3) is 7.07. The summed E-state index contributed by atoms with van der Waals surface area (Å²) >= 11 is 0. The minimum atomic E-state index is -0.461. The second-order valence-electron chi connectivity index (χ2n) is 10.2. The van der Waals surface area contributed by atoms with Crippen molar-refractivity contribution in [1.82, 2.24) is 9.80 Å². The zero-order valence-electron chi connectivity index (χ0n) is 23.4. The van der Waals surface area contributed by atoms with Crippen LogP contribution in [0.25, 0.3) is 0 Å². The summed E-state index contributed by atoms with van der Waals surface area (Å²) < 4.78 is 38.6. The van der Waals surface area contributed by atoms with Crippen LogP contribution in [0.15, 0.2) is 66.7 Å². The molecule has 1 N–H and O–H groups in total. The number of hydrogen-bond acceptors (Lipinski definition) is 5. The molecule has 0 aliphatic carbocycles. The van der Waals surface area contributed by atoms with E-state index in [4.69, 9.17) is 9.47 Å². The number of benzene rings is 3. The van der Waals surface area contributed by atoms with E-state index in [2.05, 4.69) is 5.32 Å². The number of likely N-dealkylation sites (N-methyl/N-ethyl adjacent to an activating group) is 1. The molecule has 1 aliphatic rings. The van der Waals surface area contributed by atoms with E-state index in [1.807, 2.05) is 13.8 Å². The van der Waals surface area contributed by atoms with Crippen LogP contribution in [0.4, 0.5) is 14.5 Å². The van der Waals surface area contributed by atoms with E-state index in [0.29, 0.717) is 17.8 Å². The van der Waals surface area contributed by atoms with Gasteiger partial charge in [0.25, 0.3) is 17.7 Å². The normalized spacial score (nSPS) is 19.9. The highest BCUT2D eigenvalue weighted by Crippen LogP contribution is 2.27. The lowest BCUT2D eigenvalue weighted by molar-refractivity contribution is 0.0111. The number of nitrogens with one attached hydrogen (secondary N) is 1. The van der Waals surface area contributed by atoms with Crippen molar-refractivity contribution in [3.63, 3.8) is 0 Å². The van der Waals surface area contributed by atoms with E-state index < -0.39 is 29.7 Å². The van der Waals surface area contributed by atoms with E-state index in [0.717, 1.165) is 0 Å². The quantitative estimate of drug-likeness (QED) is 0.488. The van der Waals surface area contributed by atoms with Crippen LogP contribution in [0, 0.1) is 17.6 Å². The summed E-state index contributed by atoms with van der Waals surface area (Å²) in [6.07, 6.45) is -0.398. The average molecular weight is 566 g/mol. The topological polar surface area (TPSA) is 88.2 Å². The Bertz CT molecular complexity index is 1400. The molecule has 0 radical (unpaired) electrons. The molecule has 0 bridgehead atoms. The number of carbonyl (C=O) groups excluding carboxylic acids is 3. The number of rotatable bonds is 4. The maximum Gasteiger partial charge on any atom is 0.257 e. The summed E-state index contributed by atoms with van der Waals surface area (Å²) in [5, 5.41) is 2.74. The molecule has 41 heavy (non-hydrogen) atoms. The van der Waals surface area contributed by atoms with Gasteiger partial charge < -0.3 is 24.6 Å². The van der Waals surface area contributed by atoms with Crippen LogP contribution in [0.1, 0.15) is 44.9 Å². The third-order valence-corrected chi connectivity index (χ3v) is 7.16. The molecule has 0 unspecified atom stereocenters. The highest BCUT2D eigenvalue weighted by atomic mass is 19.1. The number of ether oxygens (including phenoxy) is 2. The van der Waals surface area contributed by atoms with Gasteiger partial charge in [0.1, 0.15) is 24.0 Å². The monoisotopic (exact) mass is 565 g/mol. The molecular formula is C31H33F2N3O5. The smallest absolute Gasteiger partial charge is 0.257 e. The highest BCUT2D eigenvalue weighted by Gasteiger charge is 2.31. The molecule has 216 valence electrons. The Morgan fingerprint density at radius 3 is 2.15 bits per heavy atom. The van der Waals surface area contributed by atoms with Crippen LogP contribution in [-0.4, -0.2) is 73.5 Å². The summed E-state index contributed by atoms with van der Waals surface area (Å²) in [7, 11) is 3.20. The lowest BCUT2D eigenvalue weighted by atomic mass is 10.0. The second kappa shape index (κ2) is 12.9. The molecule has 3 amide bonds. The van der Waals surface area contributed by atoms with Crippen LogP contribution in [-0.2, 0) is 4.74 Å². The number of nitrogens with zero attached hydrogens (tertiary/aromatic N) is 2. The van der Waals surface area contributed by atoms with Gasteiger partial charge in [0.05, 0.1) is 17.7 Å². The average Bonchev–Trinajstić information content (AvgIpc) is 2.97. The molecule has 3 aromatic carbocycles. The lowest BCUT2D eigenvalue weighted by Crippen LogP contribution is -2.48. The fourth-order valence-electron chi connectivity index (χ4n) is 4.70. The van der Waals surface area contributed by atoms with E-state index in [-0.39, 0.29) is 47.8 Å². The molecule has 0 saturated carbocycles. The zero-order valence-corrected chi connectivity index (χ0v) is 23.4. The van der Waals surface area contributed by atoms with E-state index >= 15 is 0 Å². The first-order chi connectivity index (χ1) is 19.6. The standard InChI is InChI=1S/C31H33F2N3O5/c1-19-16-36(30(38)22-7-11-24(33)12-8-22)20(2)18-41-27-14-13-25(34-29(37)21-5-9-23(32)10-6-21)15-26(27)31(39)35(3)17-28(19)40-4/h5-15,19-20,28H,16-18H2,1-4H3,(H,34,37)/t19-,20-,28-/m1/s1. The number of anilines is 1. The van der Waals surface area contributed by atoms with Crippen LogP contribution >= 0.6 is 0 Å². The van der Waals surface area contributed by atoms with Gasteiger partial charge in [-0.2, -0.15) is 0 Å². The molecular weight excluding hydrogens is 532 g/mol. The van der Waals surface area contributed by atoms with Crippen molar-refractivity contribution >= 4 is 23.4 Å². The first-order valence-corrected chi connectivity index (χ1v) is 13.3. The van der Waals surface area contributed by atoms with Gasteiger partial charge in [0.15, 0.2) is 0 Å². The Morgan fingerprint density at radius 1 is 0.927 bits per heavy atom. The SMILES string of the molecule is CO[C@@H]1CN(C)C(=O)c2cc(NC(=O)c3ccc(F)cc3)ccc2OC[C@@H](C)N(C(=O)c2ccc(F)cc2)C[C@H]1C. The van der Waals surface area contributed by atoms with Gasteiger partial charge >= 0.3 is 0 Å². The molecule has 0 fully saturated rings. The Labute approximate surface area is 237 Å². The molecule has 3 aromatic rings. The van der Waals surface area contributed by atoms with Gasteiger partial charge in [-0.15, -0.1) is 0 Å².